The fourth-order valence-electron chi connectivity index (χ4n) is 3.20. The first kappa shape index (κ1) is 22.1. The van der Waals surface area contributed by atoms with E-state index in [1.54, 1.807) is 6.08 Å². The smallest absolute Gasteiger partial charge is 0.293 e. The Morgan fingerprint density at radius 3 is 2.47 bits per heavy atom. The van der Waals surface area contributed by atoms with Gasteiger partial charge in [-0.25, -0.2) is 4.39 Å². The molecular formula is C25H19ClFNO3S. The Kier molecular flexibility index (Phi) is 6.93. The van der Waals surface area contributed by atoms with Gasteiger partial charge < -0.3 is 4.74 Å². The topological polar surface area (TPSA) is 46.6 Å². The molecule has 1 aliphatic heterocycles. The van der Waals surface area contributed by atoms with Gasteiger partial charge in [-0.05, 0) is 58.8 Å². The van der Waals surface area contributed by atoms with E-state index >= 15 is 0 Å². The number of imide groups is 1. The van der Waals surface area contributed by atoms with Crippen molar-refractivity contribution in [1.29, 1.82) is 0 Å². The molecule has 0 N–H and O–H groups in total. The molecular weight excluding hydrogens is 449 g/mol. The van der Waals surface area contributed by atoms with E-state index in [0.29, 0.717) is 17.1 Å². The fraction of sp³-hybridized carbons (Fsp3) is 0.120. The highest BCUT2D eigenvalue weighted by molar-refractivity contribution is 8.18. The number of benzene rings is 3. The van der Waals surface area contributed by atoms with E-state index < -0.39 is 11.7 Å². The van der Waals surface area contributed by atoms with Gasteiger partial charge in [-0.15, -0.1) is 0 Å². The molecule has 0 saturated carbocycles. The van der Waals surface area contributed by atoms with E-state index in [2.05, 4.69) is 12.1 Å². The largest absolute Gasteiger partial charge is 0.493 e. The summed E-state index contributed by atoms with van der Waals surface area (Å²) in [6.45, 7) is 0.559. The third-order valence-corrected chi connectivity index (χ3v) is 6.16. The van der Waals surface area contributed by atoms with Crippen LogP contribution in [0.5, 0.6) is 5.75 Å². The van der Waals surface area contributed by atoms with Gasteiger partial charge in [0.25, 0.3) is 11.1 Å². The Hall–Kier alpha value is -3.09. The van der Waals surface area contributed by atoms with Gasteiger partial charge in [0, 0.05) is 11.4 Å². The minimum atomic E-state index is -0.472. The number of hydrogen-bond acceptors (Lipinski definition) is 4. The van der Waals surface area contributed by atoms with E-state index in [1.807, 2.05) is 42.5 Å². The average Bonchev–Trinajstić information content (AvgIpc) is 3.05. The van der Waals surface area contributed by atoms with Crippen LogP contribution in [0.2, 0.25) is 5.02 Å². The number of hydrogen-bond donors (Lipinski definition) is 0. The second-order valence-electron chi connectivity index (χ2n) is 7.16. The van der Waals surface area contributed by atoms with Crippen molar-refractivity contribution in [2.75, 3.05) is 6.61 Å². The maximum Gasteiger partial charge on any atom is 0.293 e. The van der Waals surface area contributed by atoms with Crippen LogP contribution in [-0.2, 0) is 17.8 Å². The Morgan fingerprint density at radius 1 is 1.00 bits per heavy atom. The van der Waals surface area contributed by atoms with E-state index in [-0.39, 0.29) is 16.8 Å². The minimum Gasteiger partial charge on any atom is -0.493 e. The molecule has 3 aromatic rings. The standard InChI is InChI=1S/C25H19ClFNO3S/c26-22-15-20(27)9-8-19(22)16-28-24(29)23(32-25(28)30)14-18-6-10-21(11-7-18)31-13-12-17-4-2-1-3-5-17/h1-11,14-15H,12-13,16H2. The zero-order valence-electron chi connectivity index (χ0n) is 17.0. The van der Waals surface area contributed by atoms with Gasteiger partial charge in [0.1, 0.15) is 11.6 Å². The lowest BCUT2D eigenvalue weighted by atomic mass is 10.1. The SMILES string of the molecule is O=C1SC(=Cc2ccc(OCCc3ccccc3)cc2)C(=O)N1Cc1ccc(F)cc1Cl. The quantitative estimate of drug-likeness (QED) is 0.380. The molecule has 1 heterocycles. The summed E-state index contributed by atoms with van der Waals surface area (Å²) in [5.74, 6) is -0.138. The van der Waals surface area contributed by atoms with Crippen molar-refractivity contribution in [1.82, 2.24) is 4.90 Å². The minimum absolute atomic E-state index is 0.00465. The van der Waals surface area contributed by atoms with Crippen LogP contribution >= 0.6 is 23.4 Å². The van der Waals surface area contributed by atoms with Crippen molar-refractivity contribution in [3.05, 3.63) is 105 Å². The summed E-state index contributed by atoms with van der Waals surface area (Å²) >= 11 is 6.90. The van der Waals surface area contributed by atoms with Gasteiger partial charge in [0.15, 0.2) is 0 Å². The van der Waals surface area contributed by atoms with Gasteiger partial charge in [0.2, 0.25) is 0 Å². The first-order valence-corrected chi connectivity index (χ1v) is 11.1. The van der Waals surface area contributed by atoms with E-state index in [0.717, 1.165) is 40.5 Å². The lowest BCUT2D eigenvalue weighted by molar-refractivity contribution is -0.123. The Balaban J connectivity index is 1.38. The molecule has 0 aliphatic carbocycles. The molecule has 0 bridgehead atoms. The lowest BCUT2D eigenvalue weighted by Gasteiger charge is -2.13. The number of carbonyl (C=O) groups is 2. The second-order valence-corrected chi connectivity index (χ2v) is 8.56. The number of rotatable bonds is 7. The zero-order valence-corrected chi connectivity index (χ0v) is 18.5. The molecule has 0 aromatic heterocycles. The van der Waals surface area contributed by atoms with Crippen molar-refractivity contribution in [3.63, 3.8) is 0 Å². The molecule has 7 heteroatoms. The Morgan fingerprint density at radius 2 is 1.75 bits per heavy atom. The van der Waals surface area contributed by atoms with Crippen LogP contribution in [0.1, 0.15) is 16.7 Å². The van der Waals surface area contributed by atoms with Gasteiger partial charge in [0.05, 0.1) is 18.1 Å². The molecule has 162 valence electrons. The van der Waals surface area contributed by atoms with Crippen molar-refractivity contribution in [2.45, 2.75) is 13.0 Å². The predicted molar refractivity (Wildman–Crippen MR) is 125 cm³/mol. The normalized spacial score (nSPS) is 14.9. The maximum atomic E-state index is 13.2. The van der Waals surface area contributed by atoms with Crippen LogP contribution in [0.4, 0.5) is 9.18 Å². The molecule has 4 nitrogen and oxygen atoms in total. The van der Waals surface area contributed by atoms with Gasteiger partial charge in [-0.3, -0.25) is 14.5 Å². The summed E-state index contributed by atoms with van der Waals surface area (Å²) in [6, 6.07) is 21.3. The first-order valence-electron chi connectivity index (χ1n) is 9.96. The third kappa shape index (κ3) is 5.39. The number of carbonyl (C=O) groups excluding carboxylic acids is 2. The Bertz CT molecular complexity index is 1170. The zero-order chi connectivity index (χ0) is 22.5. The molecule has 1 saturated heterocycles. The highest BCUT2D eigenvalue weighted by Crippen LogP contribution is 2.34. The first-order chi connectivity index (χ1) is 15.5. The second kappa shape index (κ2) is 10.0. The molecule has 0 radical (unpaired) electrons. The summed E-state index contributed by atoms with van der Waals surface area (Å²) in [6.07, 6.45) is 2.48. The van der Waals surface area contributed by atoms with E-state index in [4.69, 9.17) is 16.3 Å². The fourth-order valence-corrected chi connectivity index (χ4v) is 4.26. The number of thioether (sulfide) groups is 1. The highest BCUT2D eigenvalue weighted by Gasteiger charge is 2.35. The summed E-state index contributed by atoms with van der Waals surface area (Å²) in [4.78, 5) is 26.5. The van der Waals surface area contributed by atoms with Crippen LogP contribution < -0.4 is 4.74 Å². The van der Waals surface area contributed by atoms with Crippen LogP contribution in [0.3, 0.4) is 0 Å². The summed E-state index contributed by atoms with van der Waals surface area (Å²) < 4.78 is 19.0. The maximum absolute atomic E-state index is 13.2. The van der Waals surface area contributed by atoms with Crippen LogP contribution in [-0.4, -0.2) is 22.7 Å². The molecule has 0 atom stereocenters. The van der Waals surface area contributed by atoms with Gasteiger partial charge in [-0.1, -0.05) is 60.1 Å². The molecule has 3 aromatic carbocycles. The monoisotopic (exact) mass is 467 g/mol. The molecule has 32 heavy (non-hydrogen) atoms. The predicted octanol–water partition coefficient (Wildman–Crippen LogP) is 6.34. The van der Waals surface area contributed by atoms with E-state index in [9.17, 15) is 14.0 Å². The van der Waals surface area contributed by atoms with Crippen LogP contribution in [0.15, 0.2) is 77.7 Å². The number of nitrogens with zero attached hydrogens (tertiary/aromatic N) is 1. The van der Waals surface area contributed by atoms with Crippen molar-refractivity contribution in [2.24, 2.45) is 0 Å². The molecule has 0 spiro atoms. The number of amides is 2. The molecule has 4 rings (SSSR count). The van der Waals surface area contributed by atoms with Crippen molar-refractivity contribution < 1.29 is 18.7 Å². The van der Waals surface area contributed by atoms with Crippen LogP contribution in [0.25, 0.3) is 6.08 Å². The Labute approximate surface area is 194 Å². The third-order valence-electron chi connectivity index (χ3n) is 4.90. The van der Waals surface area contributed by atoms with Crippen molar-refractivity contribution in [3.8, 4) is 5.75 Å². The lowest BCUT2D eigenvalue weighted by Crippen LogP contribution is -2.27. The molecule has 1 aliphatic rings. The molecule has 1 fully saturated rings. The summed E-state index contributed by atoms with van der Waals surface area (Å²) in [5, 5.41) is -0.210. The number of ether oxygens (including phenoxy) is 1. The van der Waals surface area contributed by atoms with Crippen LogP contribution in [0, 0.1) is 5.82 Å². The number of halogens is 2. The van der Waals surface area contributed by atoms with Gasteiger partial charge >= 0.3 is 0 Å². The summed E-state index contributed by atoms with van der Waals surface area (Å²) in [7, 11) is 0. The highest BCUT2D eigenvalue weighted by atomic mass is 35.5. The van der Waals surface area contributed by atoms with Gasteiger partial charge in [-0.2, -0.15) is 0 Å². The van der Waals surface area contributed by atoms with E-state index in [1.165, 1.54) is 17.7 Å². The molecule has 0 unspecified atom stereocenters. The van der Waals surface area contributed by atoms with Crippen molar-refractivity contribution >= 4 is 40.6 Å². The molecule has 2 amide bonds. The average molecular weight is 468 g/mol. The summed E-state index contributed by atoms with van der Waals surface area (Å²) in [5.41, 5.74) is 2.50.